The zero-order valence-corrected chi connectivity index (χ0v) is 16.4. The molecule has 2 aromatic heterocycles. The predicted octanol–water partition coefficient (Wildman–Crippen LogP) is 2.58. The highest BCUT2D eigenvalue weighted by Crippen LogP contribution is 2.27. The van der Waals surface area contributed by atoms with Gasteiger partial charge in [-0.05, 0) is 44.0 Å². The number of aromatic nitrogens is 3. The number of carbonyl (C=O) groups is 1. The van der Waals surface area contributed by atoms with Crippen LogP contribution in [0.2, 0.25) is 0 Å². The van der Waals surface area contributed by atoms with Gasteiger partial charge in [0.2, 0.25) is 5.91 Å². The molecule has 0 radical (unpaired) electrons. The van der Waals surface area contributed by atoms with Crippen LogP contribution in [-0.4, -0.2) is 51.5 Å². The topological polar surface area (TPSA) is 63.1 Å². The van der Waals surface area contributed by atoms with Crippen LogP contribution >= 0.6 is 23.1 Å². The molecule has 0 saturated carbocycles. The highest BCUT2D eigenvalue weighted by molar-refractivity contribution is 7.98. The maximum atomic E-state index is 12.2. The van der Waals surface area contributed by atoms with E-state index in [2.05, 4.69) is 31.9 Å². The van der Waals surface area contributed by atoms with Crippen molar-refractivity contribution in [3.8, 4) is 0 Å². The molecule has 0 aliphatic carbocycles. The van der Waals surface area contributed by atoms with Gasteiger partial charge in [0.05, 0.1) is 13.1 Å². The second-order valence-corrected chi connectivity index (χ2v) is 8.03. The molecule has 1 aliphatic rings. The number of piperidine rings is 1. The minimum atomic E-state index is 0.0933. The van der Waals surface area contributed by atoms with Crippen LogP contribution in [0.3, 0.4) is 0 Å². The fourth-order valence-electron chi connectivity index (χ4n) is 3.32. The number of carbonyl (C=O) groups excluding carboxylic acids is 1. The first-order valence-corrected chi connectivity index (χ1v) is 10.8. The summed E-state index contributed by atoms with van der Waals surface area (Å²) in [7, 11) is 0. The highest BCUT2D eigenvalue weighted by Gasteiger charge is 2.27. The van der Waals surface area contributed by atoms with Crippen molar-refractivity contribution in [2.24, 2.45) is 0 Å². The summed E-state index contributed by atoms with van der Waals surface area (Å²) in [5.41, 5.74) is 0. The monoisotopic (exact) mass is 379 g/mol. The largest absolute Gasteiger partial charge is 0.350 e. The molecule has 2 aromatic rings. The zero-order valence-electron chi connectivity index (χ0n) is 14.8. The second-order valence-electron chi connectivity index (χ2n) is 6.22. The Bertz CT molecular complexity index is 685. The standard InChI is InChI=1S/C17H25N5OS2/c1-3-22-16(19-20-17(22)24-2)13-6-4-8-21(11-13)12-15(23)18-10-14-7-5-9-25-14/h5,7,9,13H,3-4,6,8,10-12H2,1-2H3,(H,18,23). The number of likely N-dealkylation sites (tertiary alicyclic amines) is 1. The van der Waals surface area contributed by atoms with Gasteiger partial charge in [-0.25, -0.2) is 0 Å². The number of nitrogens with one attached hydrogen (secondary N) is 1. The molecule has 25 heavy (non-hydrogen) atoms. The molecular weight excluding hydrogens is 354 g/mol. The molecule has 3 heterocycles. The van der Waals surface area contributed by atoms with Crippen LogP contribution in [0.25, 0.3) is 0 Å². The van der Waals surface area contributed by atoms with Crippen LogP contribution in [-0.2, 0) is 17.9 Å². The molecule has 1 N–H and O–H groups in total. The number of hydrogen-bond donors (Lipinski definition) is 1. The van der Waals surface area contributed by atoms with Crippen molar-refractivity contribution in [3.63, 3.8) is 0 Å². The van der Waals surface area contributed by atoms with E-state index < -0.39 is 0 Å². The molecule has 1 fully saturated rings. The summed E-state index contributed by atoms with van der Waals surface area (Å²) in [5, 5.41) is 14.8. The Morgan fingerprint density at radius 1 is 1.48 bits per heavy atom. The number of rotatable bonds is 7. The van der Waals surface area contributed by atoms with Gasteiger partial charge < -0.3 is 9.88 Å². The van der Waals surface area contributed by atoms with Crippen molar-refractivity contribution in [2.75, 3.05) is 25.9 Å². The third-order valence-electron chi connectivity index (χ3n) is 4.52. The van der Waals surface area contributed by atoms with Gasteiger partial charge in [-0.3, -0.25) is 9.69 Å². The van der Waals surface area contributed by atoms with Crippen molar-refractivity contribution in [3.05, 3.63) is 28.2 Å². The molecule has 1 unspecified atom stereocenters. The first kappa shape index (κ1) is 18.4. The van der Waals surface area contributed by atoms with Crippen molar-refractivity contribution in [1.82, 2.24) is 25.0 Å². The van der Waals surface area contributed by atoms with E-state index >= 15 is 0 Å². The van der Waals surface area contributed by atoms with E-state index in [0.717, 1.165) is 43.5 Å². The fraction of sp³-hybridized carbons (Fsp3) is 0.588. The van der Waals surface area contributed by atoms with Gasteiger partial charge in [0.15, 0.2) is 5.16 Å². The molecular formula is C17H25N5OS2. The predicted molar refractivity (Wildman–Crippen MR) is 102 cm³/mol. The van der Waals surface area contributed by atoms with Gasteiger partial charge in [0, 0.05) is 23.9 Å². The third kappa shape index (κ3) is 4.62. The number of amides is 1. The molecule has 1 atom stereocenters. The van der Waals surface area contributed by atoms with Gasteiger partial charge in [-0.1, -0.05) is 17.8 Å². The first-order chi connectivity index (χ1) is 12.2. The lowest BCUT2D eigenvalue weighted by Crippen LogP contribution is -2.42. The average Bonchev–Trinajstić information content (AvgIpc) is 3.29. The normalized spacial score (nSPS) is 18.4. The van der Waals surface area contributed by atoms with E-state index in [-0.39, 0.29) is 5.91 Å². The van der Waals surface area contributed by atoms with Gasteiger partial charge in [-0.2, -0.15) is 0 Å². The van der Waals surface area contributed by atoms with Crippen molar-refractivity contribution in [2.45, 2.75) is 43.9 Å². The Balaban J connectivity index is 1.56. The van der Waals surface area contributed by atoms with Gasteiger partial charge in [0.1, 0.15) is 5.82 Å². The average molecular weight is 380 g/mol. The van der Waals surface area contributed by atoms with Crippen LogP contribution in [0, 0.1) is 0 Å². The maximum absolute atomic E-state index is 12.2. The van der Waals surface area contributed by atoms with E-state index in [1.54, 1.807) is 23.1 Å². The van der Waals surface area contributed by atoms with E-state index in [1.807, 2.05) is 23.8 Å². The molecule has 3 rings (SSSR count). The van der Waals surface area contributed by atoms with E-state index in [1.165, 1.54) is 4.88 Å². The lowest BCUT2D eigenvalue weighted by atomic mass is 9.97. The van der Waals surface area contributed by atoms with E-state index in [9.17, 15) is 4.79 Å². The van der Waals surface area contributed by atoms with Crippen LogP contribution in [0.1, 0.15) is 36.4 Å². The van der Waals surface area contributed by atoms with Crippen molar-refractivity contribution >= 4 is 29.0 Å². The van der Waals surface area contributed by atoms with Gasteiger partial charge >= 0.3 is 0 Å². The van der Waals surface area contributed by atoms with E-state index in [4.69, 9.17) is 0 Å². The van der Waals surface area contributed by atoms with Gasteiger partial charge in [-0.15, -0.1) is 21.5 Å². The van der Waals surface area contributed by atoms with Crippen LogP contribution in [0.15, 0.2) is 22.7 Å². The second kappa shape index (κ2) is 8.82. The Morgan fingerprint density at radius 2 is 2.36 bits per heavy atom. The number of thiophene rings is 1. The summed E-state index contributed by atoms with van der Waals surface area (Å²) >= 11 is 3.30. The van der Waals surface area contributed by atoms with Crippen LogP contribution in [0.4, 0.5) is 0 Å². The molecule has 0 spiro atoms. The number of nitrogens with zero attached hydrogens (tertiary/aromatic N) is 4. The Kier molecular flexibility index (Phi) is 6.50. The van der Waals surface area contributed by atoms with E-state index in [0.29, 0.717) is 19.0 Å². The Morgan fingerprint density at radius 3 is 3.08 bits per heavy atom. The molecule has 8 heteroatoms. The Hall–Kier alpha value is -1.38. The first-order valence-electron chi connectivity index (χ1n) is 8.69. The zero-order chi connectivity index (χ0) is 17.6. The smallest absolute Gasteiger partial charge is 0.234 e. The number of thioether (sulfide) groups is 1. The van der Waals surface area contributed by atoms with Gasteiger partial charge in [0.25, 0.3) is 0 Å². The number of hydrogen-bond acceptors (Lipinski definition) is 6. The SMILES string of the molecule is CCn1c(SC)nnc1C1CCCN(CC(=O)NCc2cccs2)C1. The molecule has 0 bridgehead atoms. The summed E-state index contributed by atoms with van der Waals surface area (Å²) in [6.07, 6.45) is 4.24. The Labute approximate surface area is 157 Å². The summed E-state index contributed by atoms with van der Waals surface area (Å²) in [6, 6.07) is 4.05. The lowest BCUT2D eigenvalue weighted by Gasteiger charge is -2.31. The molecule has 0 aromatic carbocycles. The molecule has 1 aliphatic heterocycles. The summed E-state index contributed by atoms with van der Waals surface area (Å²) < 4.78 is 2.20. The minimum absolute atomic E-state index is 0.0933. The third-order valence-corrected chi connectivity index (χ3v) is 6.07. The quantitative estimate of drug-likeness (QED) is 0.749. The molecule has 1 saturated heterocycles. The summed E-state index contributed by atoms with van der Waals surface area (Å²) in [4.78, 5) is 15.7. The fourth-order valence-corrected chi connectivity index (χ4v) is 4.53. The molecule has 6 nitrogen and oxygen atoms in total. The summed E-state index contributed by atoms with van der Waals surface area (Å²) in [6.45, 7) is 5.94. The molecule has 1 amide bonds. The van der Waals surface area contributed by atoms with Crippen LogP contribution in [0.5, 0.6) is 0 Å². The summed E-state index contributed by atoms with van der Waals surface area (Å²) in [5.74, 6) is 1.51. The van der Waals surface area contributed by atoms with Crippen molar-refractivity contribution < 1.29 is 4.79 Å². The van der Waals surface area contributed by atoms with Crippen LogP contribution < -0.4 is 5.32 Å². The molecule has 136 valence electrons. The highest BCUT2D eigenvalue weighted by atomic mass is 32.2. The van der Waals surface area contributed by atoms with Crippen molar-refractivity contribution in [1.29, 1.82) is 0 Å². The lowest BCUT2D eigenvalue weighted by molar-refractivity contribution is -0.122. The minimum Gasteiger partial charge on any atom is -0.350 e. The maximum Gasteiger partial charge on any atom is 0.234 e.